The van der Waals surface area contributed by atoms with Gasteiger partial charge < -0.3 is 9.80 Å². The molecule has 0 bridgehead atoms. The third-order valence-corrected chi connectivity index (χ3v) is 7.60. The smallest absolute Gasteiger partial charge is 0.261 e. The van der Waals surface area contributed by atoms with Crippen molar-refractivity contribution in [2.24, 2.45) is 10.5 Å². The van der Waals surface area contributed by atoms with Gasteiger partial charge in [-0.3, -0.25) is 4.79 Å². The second-order valence-electron chi connectivity index (χ2n) is 9.05. The zero-order chi connectivity index (χ0) is 22.6. The molecule has 3 aliphatic heterocycles. The summed E-state index contributed by atoms with van der Waals surface area (Å²) in [7, 11) is 0. The minimum Gasteiger partial charge on any atom is -0.368 e. The summed E-state index contributed by atoms with van der Waals surface area (Å²) in [5.74, 6) is 0.0589. The number of hydrazone groups is 1. The summed E-state index contributed by atoms with van der Waals surface area (Å²) in [6.45, 7) is 4.46. The molecular weight excluding hydrogens is 432 g/mol. The summed E-state index contributed by atoms with van der Waals surface area (Å²) >= 11 is 6.31. The van der Waals surface area contributed by atoms with E-state index in [9.17, 15) is 4.79 Å². The number of hydrogen-bond donors (Lipinski definition) is 0. The number of carbonyl (C=O) groups excluding carboxylic acids is 1. The molecule has 3 aromatic rings. The van der Waals surface area contributed by atoms with Gasteiger partial charge in [0, 0.05) is 36.0 Å². The van der Waals surface area contributed by atoms with Crippen molar-refractivity contribution in [3.05, 3.63) is 89.4 Å². The fraction of sp³-hybridized carbons (Fsp3) is 0.259. The Hall–Kier alpha value is -3.31. The summed E-state index contributed by atoms with van der Waals surface area (Å²) in [6, 6.07) is 26.2. The highest BCUT2D eigenvalue weighted by atomic mass is 35.5. The van der Waals surface area contributed by atoms with Crippen molar-refractivity contribution in [1.82, 2.24) is 0 Å². The molecule has 5 nitrogen and oxygen atoms in total. The number of halogens is 1. The van der Waals surface area contributed by atoms with Gasteiger partial charge in [-0.1, -0.05) is 54.1 Å². The molecule has 1 spiro atoms. The lowest BCUT2D eigenvalue weighted by molar-refractivity contribution is -0.125. The van der Waals surface area contributed by atoms with E-state index in [-0.39, 0.29) is 11.9 Å². The molecule has 1 fully saturated rings. The topological polar surface area (TPSA) is 39.2 Å². The largest absolute Gasteiger partial charge is 0.368 e. The maximum Gasteiger partial charge on any atom is 0.261 e. The average molecular weight is 457 g/mol. The predicted octanol–water partition coefficient (Wildman–Crippen LogP) is 5.00. The third kappa shape index (κ3) is 3.06. The van der Waals surface area contributed by atoms with Crippen LogP contribution in [0.25, 0.3) is 0 Å². The van der Waals surface area contributed by atoms with Crippen LogP contribution in [0.3, 0.4) is 0 Å². The lowest BCUT2D eigenvalue weighted by atomic mass is 9.67. The molecule has 1 amide bonds. The number of carbonyl (C=O) groups is 1. The molecule has 2 atom stereocenters. The first kappa shape index (κ1) is 20.3. The SMILES string of the molecule is CC1=NN(c2ccccc2)C(=O)[C@@]12Cc1ccccc1N1CCN(c3cccc(Cl)c3)C[C@@H]12. The molecule has 166 valence electrons. The number of hydrogen-bond acceptors (Lipinski definition) is 4. The number of rotatable bonds is 2. The van der Waals surface area contributed by atoms with Crippen LogP contribution in [-0.2, 0) is 11.2 Å². The number of nitrogens with zero attached hydrogens (tertiary/aromatic N) is 4. The Morgan fingerprint density at radius 1 is 0.939 bits per heavy atom. The van der Waals surface area contributed by atoms with E-state index in [4.69, 9.17) is 16.7 Å². The third-order valence-electron chi connectivity index (χ3n) is 7.36. The van der Waals surface area contributed by atoms with Crippen molar-refractivity contribution in [2.45, 2.75) is 19.4 Å². The van der Waals surface area contributed by atoms with E-state index in [1.54, 1.807) is 5.01 Å². The lowest BCUT2D eigenvalue weighted by Crippen LogP contribution is -2.67. The number of anilines is 3. The van der Waals surface area contributed by atoms with Crippen LogP contribution >= 0.6 is 11.6 Å². The van der Waals surface area contributed by atoms with Crippen LogP contribution in [0.15, 0.2) is 84.0 Å². The number of benzene rings is 3. The van der Waals surface area contributed by atoms with Gasteiger partial charge in [0.25, 0.3) is 5.91 Å². The van der Waals surface area contributed by atoms with Crippen LogP contribution in [0.2, 0.25) is 5.02 Å². The van der Waals surface area contributed by atoms with E-state index >= 15 is 0 Å². The zero-order valence-electron chi connectivity index (χ0n) is 18.5. The molecule has 1 saturated heterocycles. The van der Waals surface area contributed by atoms with Crippen LogP contribution in [0, 0.1) is 5.41 Å². The number of fused-ring (bicyclic) bond motifs is 4. The molecule has 33 heavy (non-hydrogen) atoms. The standard InChI is InChI=1S/C27H25ClN4O/c1-19-27(26(33)32(29-19)22-10-3-2-4-11-22)17-20-8-5-6-13-24(20)31-15-14-30(18-25(27)31)23-12-7-9-21(28)16-23/h2-13,16,25H,14-15,17-18H2,1H3/t25-,27+/m1/s1. The fourth-order valence-corrected chi connectivity index (χ4v) is 5.90. The molecule has 3 aliphatic rings. The minimum atomic E-state index is -0.707. The Labute approximate surface area is 198 Å². The molecule has 0 radical (unpaired) electrons. The van der Waals surface area contributed by atoms with E-state index in [2.05, 4.69) is 40.1 Å². The molecule has 3 aromatic carbocycles. The molecule has 6 heteroatoms. The van der Waals surface area contributed by atoms with Crippen molar-refractivity contribution >= 4 is 40.3 Å². The first-order valence-electron chi connectivity index (χ1n) is 11.4. The zero-order valence-corrected chi connectivity index (χ0v) is 19.2. The second kappa shape index (κ2) is 7.63. The maximum atomic E-state index is 14.2. The van der Waals surface area contributed by atoms with Crippen LogP contribution in [0.1, 0.15) is 12.5 Å². The van der Waals surface area contributed by atoms with Crippen molar-refractivity contribution in [3.8, 4) is 0 Å². The maximum absolute atomic E-state index is 14.2. The van der Waals surface area contributed by atoms with Crippen LogP contribution < -0.4 is 14.8 Å². The molecule has 0 aliphatic carbocycles. The minimum absolute atomic E-state index is 0.0231. The Morgan fingerprint density at radius 2 is 1.70 bits per heavy atom. The molecular formula is C27H25ClN4O. The van der Waals surface area contributed by atoms with Gasteiger partial charge in [0.2, 0.25) is 0 Å². The average Bonchev–Trinajstić information content (AvgIpc) is 3.10. The van der Waals surface area contributed by atoms with Gasteiger partial charge in [0.1, 0.15) is 5.41 Å². The lowest BCUT2D eigenvalue weighted by Gasteiger charge is -2.53. The molecule has 0 N–H and O–H groups in total. The molecule has 6 rings (SSSR count). The predicted molar refractivity (Wildman–Crippen MR) is 134 cm³/mol. The molecule has 3 heterocycles. The van der Waals surface area contributed by atoms with Crippen molar-refractivity contribution < 1.29 is 4.79 Å². The Kier molecular flexibility index (Phi) is 4.70. The Bertz CT molecular complexity index is 1260. The highest BCUT2D eigenvalue weighted by molar-refractivity contribution is 6.30. The van der Waals surface area contributed by atoms with Crippen molar-refractivity contribution in [1.29, 1.82) is 0 Å². The summed E-state index contributed by atoms with van der Waals surface area (Å²) in [5.41, 5.74) is 4.53. The van der Waals surface area contributed by atoms with Crippen LogP contribution in [0.4, 0.5) is 17.1 Å². The van der Waals surface area contributed by atoms with Gasteiger partial charge in [0.15, 0.2) is 0 Å². The quantitative estimate of drug-likeness (QED) is 0.544. The fourth-order valence-electron chi connectivity index (χ4n) is 5.72. The van der Waals surface area contributed by atoms with Gasteiger partial charge >= 0.3 is 0 Å². The van der Waals surface area contributed by atoms with E-state index in [0.717, 1.165) is 41.7 Å². The van der Waals surface area contributed by atoms with E-state index < -0.39 is 5.41 Å². The van der Waals surface area contributed by atoms with Gasteiger partial charge in [-0.15, -0.1) is 0 Å². The summed E-state index contributed by atoms with van der Waals surface area (Å²) in [5, 5.41) is 7.16. The summed E-state index contributed by atoms with van der Waals surface area (Å²) in [6.07, 6.45) is 0.658. The van der Waals surface area contributed by atoms with Gasteiger partial charge in [-0.05, 0) is 55.3 Å². The molecule has 0 saturated carbocycles. The highest BCUT2D eigenvalue weighted by Crippen LogP contribution is 2.48. The Balaban J connectivity index is 1.45. The van der Waals surface area contributed by atoms with Gasteiger partial charge in [-0.25, -0.2) is 0 Å². The van der Waals surface area contributed by atoms with E-state index in [1.165, 1.54) is 11.3 Å². The van der Waals surface area contributed by atoms with E-state index in [0.29, 0.717) is 6.42 Å². The van der Waals surface area contributed by atoms with Crippen molar-refractivity contribution in [3.63, 3.8) is 0 Å². The van der Waals surface area contributed by atoms with Gasteiger partial charge in [-0.2, -0.15) is 10.1 Å². The van der Waals surface area contributed by atoms with Crippen LogP contribution in [-0.4, -0.2) is 37.3 Å². The van der Waals surface area contributed by atoms with Crippen molar-refractivity contribution in [2.75, 3.05) is 34.4 Å². The molecule has 0 unspecified atom stereocenters. The van der Waals surface area contributed by atoms with E-state index in [1.807, 2.05) is 55.5 Å². The number of para-hydroxylation sites is 2. The number of piperazine rings is 1. The summed E-state index contributed by atoms with van der Waals surface area (Å²) < 4.78 is 0. The Morgan fingerprint density at radius 3 is 2.52 bits per heavy atom. The highest BCUT2D eigenvalue weighted by Gasteiger charge is 2.59. The van der Waals surface area contributed by atoms with Crippen LogP contribution in [0.5, 0.6) is 0 Å². The first-order chi connectivity index (χ1) is 16.1. The molecule has 0 aromatic heterocycles. The summed E-state index contributed by atoms with van der Waals surface area (Å²) in [4.78, 5) is 19.0. The van der Waals surface area contributed by atoms with Gasteiger partial charge in [0.05, 0.1) is 17.4 Å². The normalized spacial score (nSPS) is 24.1. The first-order valence-corrected chi connectivity index (χ1v) is 11.8. The number of amides is 1. The monoisotopic (exact) mass is 456 g/mol. The second-order valence-corrected chi connectivity index (χ2v) is 9.49.